The van der Waals surface area contributed by atoms with Crippen molar-refractivity contribution in [2.24, 2.45) is 0 Å². The maximum Gasteiger partial charge on any atom is 0.416 e. The zero-order chi connectivity index (χ0) is 26.2. The van der Waals surface area contributed by atoms with Crippen molar-refractivity contribution >= 4 is 28.4 Å². The number of rotatable bonds is 5. The topological polar surface area (TPSA) is 66.3 Å². The van der Waals surface area contributed by atoms with Gasteiger partial charge >= 0.3 is 6.18 Å². The van der Waals surface area contributed by atoms with Gasteiger partial charge in [0, 0.05) is 60.8 Å². The van der Waals surface area contributed by atoms with E-state index in [4.69, 9.17) is 0 Å². The number of alkyl halides is 3. The van der Waals surface area contributed by atoms with Crippen LogP contribution in [0.4, 0.5) is 34.9 Å². The second-order valence-corrected chi connectivity index (χ2v) is 8.96. The molecule has 1 saturated heterocycles. The average Bonchev–Trinajstić information content (AvgIpc) is 2.87. The first-order valence-electron chi connectivity index (χ1n) is 11.7. The standard InChI is InChI=1S/C26H24F4N6O/c1-34-11-13-35(14-12-34)19-8-6-18(7-9-19)32-25-31-15-17-5-10-23(37)36(24(17)33-25)16-20-21(26(28,29)30)3-2-4-22(20)27/h2-10,15H,11-14,16H2,1H3,(H,31,32,33). The van der Waals surface area contributed by atoms with Crippen LogP contribution in [-0.2, 0) is 12.7 Å². The van der Waals surface area contributed by atoms with Crippen LogP contribution < -0.4 is 15.8 Å². The number of likely N-dealkylation sites (N-methyl/N-ethyl adjacent to an activating group) is 1. The molecule has 4 aromatic rings. The molecule has 37 heavy (non-hydrogen) atoms. The van der Waals surface area contributed by atoms with Crippen molar-refractivity contribution in [3.05, 3.63) is 88.1 Å². The minimum absolute atomic E-state index is 0.0930. The number of fused-ring (bicyclic) bond motifs is 1. The summed E-state index contributed by atoms with van der Waals surface area (Å²) in [5, 5.41) is 3.50. The highest BCUT2D eigenvalue weighted by molar-refractivity contribution is 5.76. The summed E-state index contributed by atoms with van der Waals surface area (Å²) in [5.74, 6) is -0.893. The van der Waals surface area contributed by atoms with Crippen LogP contribution in [0.1, 0.15) is 11.1 Å². The van der Waals surface area contributed by atoms with Crippen molar-refractivity contribution in [1.82, 2.24) is 19.4 Å². The predicted molar refractivity (Wildman–Crippen MR) is 134 cm³/mol. The molecular weight excluding hydrogens is 488 g/mol. The maximum absolute atomic E-state index is 14.5. The Morgan fingerprint density at radius 3 is 2.41 bits per heavy atom. The summed E-state index contributed by atoms with van der Waals surface area (Å²) in [5.41, 5.74) is -0.477. The van der Waals surface area contributed by atoms with Crippen LogP contribution in [0.15, 0.2) is 65.6 Å². The molecule has 3 heterocycles. The summed E-state index contributed by atoms with van der Waals surface area (Å²) in [6.45, 7) is 3.22. The van der Waals surface area contributed by atoms with Crippen molar-refractivity contribution in [3.8, 4) is 0 Å². The van der Waals surface area contributed by atoms with Crippen molar-refractivity contribution < 1.29 is 17.6 Å². The second-order valence-electron chi connectivity index (χ2n) is 8.96. The molecule has 1 N–H and O–H groups in total. The van der Waals surface area contributed by atoms with Crippen LogP contribution in [0.2, 0.25) is 0 Å². The van der Waals surface area contributed by atoms with E-state index in [1.807, 2.05) is 24.3 Å². The van der Waals surface area contributed by atoms with E-state index in [-0.39, 0.29) is 11.6 Å². The molecule has 0 amide bonds. The highest BCUT2D eigenvalue weighted by Crippen LogP contribution is 2.33. The van der Waals surface area contributed by atoms with Gasteiger partial charge in [-0.25, -0.2) is 9.37 Å². The van der Waals surface area contributed by atoms with E-state index >= 15 is 0 Å². The molecule has 2 aromatic carbocycles. The Bertz CT molecular complexity index is 1480. The van der Waals surface area contributed by atoms with Crippen LogP contribution >= 0.6 is 0 Å². The van der Waals surface area contributed by atoms with Gasteiger partial charge in [-0.2, -0.15) is 18.2 Å². The van der Waals surface area contributed by atoms with Gasteiger partial charge in [0.1, 0.15) is 11.5 Å². The largest absolute Gasteiger partial charge is 0.416 e. The molecule has 11 heteroatoms. The third kappa shape index (κ3) is 5.26. The minimum Gasteiger partial charge on any atom is -0.369 e. The van der Waals surface area contributed by atoms with Crippen LogP contribution in [0.3, 0.4) is 0 Å². The first-order chi connectivity index (χ1) is 17.7. The van der Waals surface area contributed by atoms with Crippen molar-refractivity contribution in [2.45, 2.75) is 12.7 Å². The number of nitrogens with zero attached hydrogens (tertiary/aromatic N) is 5. The van der Waals surface area contributed by atoms with Crippen LogP contribution in [0.25, 0.3) is 11.0 Å². The first-order valence-corrected chi connectivity index (χ1v) is 11.7. The molecule has 7 nitrogen and oxygen atoms in total. The highest BCUT2D eigenvalue weighted by Gasteiger charge is 2.34. The molecule has 0 saturated carbocycles. The van der Waals surface area contributed by atoms with E-state index < -0.39 is 35.2 Å². The number of pyridine rings is 1. The van der Waals surface area contributed by atoms with Crippen molar-refractivity contribution in [1.29, 1.82) is 0 Å². The Morgan fingerprint density at radius 2 is 1.70 bits per heavy atom. The summed E-state index contributed by atoms with van der Waals surface area (Å²) >= 11 is 0. The van der Waals surface area contributed by atoms with E-state index in [2.05, 4.69) is 32.1 Å². The smallest absolute Gasteiger partial charge is 0.369 e. The number of hydrogen-bond donors (Lipinski definition) is 1. The third-order valence-corrected chi connectivity index (χ3v) is 6.46. The lowest BCUT2D eigenvalue weighted by molar-refractivity contribution is -0.138. The Balaban J connectivity index is 1.44. The summed E-state index contributed by atoms with van der Waals surface area (Å²) in [6.07, 6.45) is -3.31. The van der Waals surface area contributed by atoms with Gasteiger partial charge in [0.05, 0.1) is 12.1 Å². The molecule has 0 aliphatic carbocycles. The van der Waals surface area contributed by atoms with E-state index in [1.165, 1.54) is 18.3 Å². The van der Waals surface area contributed by atoms with Gasteiger partial charge in [-0.05, 0) is 49.5 Å². The van der Waals surface area contributed by atoms with E-state index in [0.717, 1.165) is 54.6 Å². The fraction of sp³-hybridized carbons (Fsp3) is 0.269. The van der Waals surface area contributed by atoms with Gasteiger partial charge in [0.25, 0.3) is 5.56 Å². The van der Waals surface area contributed by atoms with E-state index in [9.17, 15) is 22.4 Å². The SMILES string of the molecule is CN1CCN(c2ccc(Nc3ncc4ccc(=O)n(Cc5c(F)cccc5C(F)(F)F)c4n3)cc2)CC1. The molecule has 1 aliphatic rings. The molecule has 0 atom stereocenters. The lowest BCUT2D eigenvalue weighted by Crippen LogP contribution is -2.44. The van der Waals surface area contributed by atoms with Crippen LogP contribution in [0, 0.1) is 5.82 Å². The molecule has 1 fully saturated rings. The molecule has 192 valence electrons. The quantitative estimate of drug-likeness (QED) is 0.398. The van der Waals surface area contributed by atoms with Crippen LogP contribution in [0.5, 0.6) is 0 Å². The number of benzene rings is 2. The number of piperazine rings is 1. The monoisotopic (exact) mass is 512 g/mol. The van der Waals surface area contributed by atoms with E-state index in [0.29, 0.717) is 11.1 Å². The average molecular weight is 513 g/mol. The number of aromatic nitrogens is 3. The lowest BCUT2D eigenvalue weighted by atomic mass is 10.1. The van der Waals surface area contributed by atoms with Gasteiger partial charge in [-0.15, -0.1) is 0 Å². The molecular formula is C26H24F4N6O. The summed E-state index contributed by atoms with van der Waals surface area (Å²) in [7, 11) is 2.10. The number of nitrogens with one attached hydrogen (secondary N) is 1. The Labute approximate surface area is 210 Å². The molecule has 5 rings (SSSR count). The van der Waals surface area contributed by atoms with Gasteiger partial charge in [-0.1, -0.05) is 6.07 Å². The van der Waals surface area contributed by atoms with Crippen molar-refractivity contribution in [3.63, 3.8) is 0 Å². The molecule has 0 radical (unpaired) electrons. The van der Waals surface area contributed by atoms with Gasteiger partial charge in [-0.3, -0.25) is 9.36 Å². The lowest BCUT2D eigenvalue weighted by Gasteiger charge is -2.34. The zero-order valence-electron chi connectivity index (χ0n) is 20.0. The fourth-order valence-electron chi connectivity index (χ4n) is 4.38. The molecule has 0 unspecified atom stereocenters. The normalized spacial score (nSPS) is 14.8. The molecule has 1 aliphatic heterocycles. The first kappa shape index (κ1) is 24.7. The number of halogens is 4. The van der Waals surface area contributed by atoms with E-state index in [1.54, 1.807) is 0 Å². The number of hydrogen-bond acceptors (Lipinski definition) is 6. The summed E-state index contributed by atoms with van der Waals surface area (Å²) < 4.78 is 56.1. The van der Waals surface area contributed by atoms with Gasteiger partial charge in [0.2, 0.25) is 5.95 Å². The second kappa shape index (κ2) is 9.81. The minimum atomic E-state index is -4.77. The summed E-state index contributed by atoms with van der Waals surface area (Å²) in [4.78, 5) is 25.9. The van der Waals surface area contributed by atoms with Crippen LogP contribution in [-0.4, -0.2) is 52.7 Å². The van der Waals surface area contributed by atoms with Crippen molar-refractivity contribution in [2.75, 3.05) is 43.4 Å². The predicted octanol–water partition coefficient (Wildman–Crippen LogP) is 4.49. The molecule has 0 spiro atoms. The Morgan fingerprint density at radius 1 is 0.973 bits per heavy atom. The van der Waals surface area contributed by atoms with Gasteiger partial charge in [0.15, 0.2) is 0 Å². The molecule has 0 bridgehead atoms. The molecule has 2 aromatic heterocycles. The Hall–Kier alpha value is -3.99. The van der Waals surface area contributed by atoms with Gasteiger partial charge < -0.3 is 15.1 Å². The maximum atomic E-state index is 14.5. The highest BCUT2D eigenvalue weighted by atomic mass is 19.4. The fourth-order valence-corrected chi connectivity index (χ4v) is 4.38. The summed E-state index contributed by atoms with van der Waals surface area (Å²) in [6, 6.07) is 13.1. The number of anilines is 3. The Kier molecular flexibility index (Phi) is 6.55. The third-order valence-electron chi connectivity index (χ3n) is 6.46. The zero-order valence-corrected chi connectivity index (χ0v) is 20.0.